The molecule has 0 amide bonds. The molecule has 8 rings (SSSR count). The molecule has 0 radical (unpaired) electrons. The molecule has 1 nitrogen and oxygen atoms in total. The van der Waals surface area contributed by atoms with Crippen molar-refractivity contribution in [1.82, 2.24) is 5.09 Å². The van der Waals surface area contributed by atoms with E-state index in [9.17, 15) is 0 Å². The van der Waals surface area contributed by atoms with Crippen LogP contribution in [0.4, 0.5) is 0 Å². The van der Waals surface area contributed by atoms with Crippen molar-refractivity contribution in [3.8, 4) is 0 Å². The Morgan fingerprint density at radius 2 is 1.06 bits per heavy atom. The summed E-state index contributed by atoms with van der Waals surface area (Å²) in [4.78, 5) is 0. The molecule has 0 saturated heterocycles. The molecule has 0 aliphatic heterocycles. The van der Waals surface area contributed by atoms with Crippen LogP contribution in [0.3, 0.4) is 0 Å². The monoisotopic (exact) mass is 495 g/mol. The van der Waals surface area contributed by atoms with E-state index >= 15 is 0 Å². The lowest BCUT2D eigenvalue weighted by Gasteiger charge is -2.59. The average molecular weight is 496 g/mol. The summed E-state index contributed by atoms with van der Waals surface area (Å²) in [6.45, 7) is 9.84. The minimum atomic E-state index is -2.05. The van der Waals surface area contributed by atoms with Crippen LogP contribution in [0.2, 0.25) is 0 Å². The summed E-state index contributed by atoms with van der Waals surface area (Å²) in [5.74, 6) is 2.79. The van der Waals surface area contributed by atoms with Crippen LogP contribution in [-0.4, -0.2) is 10.8 Å². The van der Waals surface area contributed by atoms with Crippen molar-refractivity contribution >= 4 is 22.9 Å². The lowest BCUT2D eigenvalue weighted by Crippen LogP contribution is -2.59. The lowest BCUT2D eigenvalue weighted by molar-refractivity contribution is -0.00753. The molecule has 6 aliphatic carbocycles. The van der Waals surface area contributed by atoms with Gasteiger partial charge in [-0.15, -0.1) is 0 Å². The molecule has 36 heavy (non-hydrogen) atoms. The Hall–Kier alpha value is -1.82. The van der Waals surface area contributed by atoms with Crippen molar-refractivity contribution in [2.45, 2.75) is 78.2 Å². The normalized spacial score (nSPS) is 33.4. The largest absolute Gasteiger partial charge is 0.284 e. The molecular weight excluding hydrogens is 453 g/mol. The summed E-state index contributed by atoms with van der Waals surface area (Å²) in [7, 11) is -2.05. The fraction of sp³-hybridized carbons (Fsp3) is 0.500. The van der Waals surface area contributed by atoms with Crippen LogP contribution in [0, 0.1) is 28.6 Å². The van der Waals surface area contributed by atoms with Crippen LogP contribution >= 0.6 is 7.04 Å². The van der Waals surface area contributed by atoms with Crippen LogP contribution in [0.1, 0.15) is 72.6 Å². The first-order valence-electron chi connectivity index (χ1n) is 14.3. The molecule has 2 heteroatoms. The van der Waals surface area contributed by atoms with Crippen LogP contribution in [-0.2, 0) is 0 Å². The Balaban J connectivity index is 1.52. The van der Waals surface area contributed by atoms with Gasteiger partial charge in [0.15, 0.2) is 0 Å². The van der Waals surface area contributed by atoms with E-state index in [1.807, 2.05) is 0 Å². The molecule has 0 heterocycles. The van der Waals surface area contributed by atoms with Crippen molar-refractivity contribution in [2.24, 2.45) is 28.6 Å². The van der Waals surface area contributed by atoms with E-state index in [-0.39, 0.29) is 16.4 Å². The minimum Gasteiger partial charge on any atom is -0.284 e. The van der Waals surface area contributed by atoms with Gasteiger partial charge in [0.1, 0.15) is 0 Å². The summed E-state index contributed by atoms with van der Waals surface area (Å²) in [6, 6.07) is 23.1. The molecular formula is C34H42NP. The van der Waals surface area contributed by atoms with Gasteiger partial charge >= 0.3 is 0 Å². The van der Waals surface area contributed by atoms with Gasteiger partial charge < -0.3 is 0 Å². The molecule has 0 atom stereocenters. The Morgan fingerprint density at radius 1 is 0.639 bits per heavy atom. The van der Waals surface area contributed by atoms with E-state index in [4.69, 9.17) is 0 Å². The predicted molar refractivity (Wildman–Crippen MR) is 156 cm³/mol. The van der Waals surface area contributed by atoms with Gasteiger partial charge in [0.25, 0.3) is 0 Å². The quantitative estimate of drug-likeness (QED) is 0.430. The maximum atomic E-state index is 4.68. The number of benzene rings is 2. The summed E-state index contributed by atoms with van der Waals surface area (Å²) >= 11 is 0. The fourth-order valence-electron chi connectivity index (χ4n) is 9.65. The highest BCUT2D eigenvalue weighted by Gasteiger charge is 2.53. The minimum absolute atomic E-state index is 0.223. The van der Waals surface area contributed by atoms with E-state index in [1.165, 1.54) is 55.6 Å². The summed E-state index contributed by atoms with van der Waals surface area (Å²) in [5, 5.41) is 9.22. The molecule has 0 aromatic heterocycles. The highest BCUT2D eigenvalue weighted by molar-refractivity contribution is 7.88. The van der Waals surface area contributed by atoms with Crippen molar-refractivity contribution in [1.29, 1.82) is 0 Å². The lowest BCUT2D eigenvalue weighted by atomic mass is 9.53. The first-order valence-corrected chi connectivity index (χ1v) is 16.1. The van der Waals surface area contributed by atoms with Crippen molar-refractivity contribution < 1.29 is 0 Å². The van der Waals surface area contributed by atoms with E-state index in [0.29, 0.717) is 0 Å². The number of rotatable bonds is 4. The molecule has 6 aliphatic rings. The van der Waals surface area contributed by atoms with Gasteiger partial charge in [-0.1, -0.05) is 88.4 Å². The van der Waals surface area contributed by atoms with Gasteiger partial charge in [-0.05, 0) is 113 Å². The number of allylic oxidation sites excluding steroid dienone is 4. The standard InChI is InChI=1S/C34H42NP/c1-32(2)23-33(3,4)31-19-29(18-30(31)32)36(27-11-7-5-8-12-27,28-13-9-6-10-14-28)35-34-20-24-15-25(21-34)17-26(16-24)22-34/h5-14,18-19,24-26,35H,15-17,20-23H2,1-4H3. The molecule has 4 bridgehead atoms. The second-order valence-corrected chi connectivity index (χ2v) is 17.3. The van der Waals surface area contributed by atoms with Gasteiger partial charge in [0.2, 0.25) is 0 Å². The maximum absolute atomic E-state index is 4.68. The van der Waals surface area contributed by atoms with Gasteiger partial charge in [-0.25, -0.2) is 0 Å². The molecule has 1 N–H and O–H groups in total. The third kappa shape index (κ3) is 3.45. The van der Waals surface area contributed by atoms with Crippen LogP contribution in [0.15, 0.2) is 84.0 Å². The van der Waals surface area contributed by atoms with Crippen LogP contribution in [0.25, 0.3) is 0 Å². The highest BCUT2D eigenvalue weighted by Crippen LogP contribution is 2.62. The van der Waals surface area contributed by atoms with Crippen molar-refractivity contribution in [3.63, 3.8) is 0 Å². The zero-order chi connectivity index (χ0) is 24.8. The summed E-state index contributed by atoms with van der Waals surface area (Å²) in [5.41, 5.74) is 3.90. The van der Waals surface area contributed by atoms with Crippen LogP contribution < -0.4 is 15.7 Å². The molecule has 5 saturated carbocycles. The van der Waals surface area contributed by atoms with E-state index < -0.39 is 7.04 Å². The van der Waals surface area contributed by atoms with Gasteiger partial charge in [-0.3, -0.25) is 5.09 Å². The number of nitrogens with one attached hydrogen (secondary N) is 1. The van der Waals surface area contributed by atoms with Crippen LogP contribution in [0.5, 0.6) is 0 Å². The van der Waals surface area contributed by atoms with E-state index in [0.717, 1.165) is 17.8 Å². The molecule has 0 spiro atoms. The SMILES string of the molecule is CC1(C)CC(C)(C)C2=CC(=P(NC34CC5CC(CC(C5)C3)C4)(c3ccccc3)c3ccccc3)C=C21. The van der Waals surface area contributed by atoms with Crippen molar-refractivity contribution in [3.05, 3.63) is 84.0 Å². The zero-order valence-electron chi connectivity index (χ0n) is 22.6. The number of hydrogen-bond donors (Lipinski definition) is 1. The Bertz CT molecular complexity index is 1200. The molecule has 2 aromatic rings. The van der Waals surface area contributed by atoms with E-state index in [2.05, 4.69) is 106 Å². The third-order valence-electron chi connectivity index (χ3n) is 10.3. The van der Waals surface area contributed by atoms with E-state index in [1.54, 1.807) is 16.4 Å². The van der Waals surface area contributed by atoms with Crippen molar-refractivity contribution in [2.75, 3.05) is 0 Å². The molecule has 188 valence electrons. The predicted octanol–water partition coefficient (Wildman–Crippen LogP) is 7.62. The highest BCUT2D eigenvalue weighted by atomic mass is 31.2. The first kappa shape index (κ1) is 23.3. The molecule has 5 fully saturated rings. The Morgan fingerprint density at radius 3 is 1.47 bits per heavy atom. The first-order chi connectivity index (χ1) is 17.2. The number of hydrogen-bond acceptors (Lipinski definition) is 1. The summed E-state index contributed by atoms with van der Waals surface area (Å²) < 4.78 is 0. The second-order valence-electron chi connectivity index (χ2n) is 14.1. The van der Waals surface area contributed by atoms with Gasteiger partial charge in [0, 0.05) is 12.6 Å². The third-order valence-corrected chi connectivity index (χ3v) is 14.3. The Labute approximate surface area is 218 Å². The van der Waals surface area contributed by atoms with Gasteiger partial charge in [-0.2, -0.15) is 0 Å². The number of fused-ring (bicyclic) bond motifs is 1. The molecule has 2 aromatic carbocycles. The average Bonchev–Trinajstić information content (AvgIpc) is 3.36. The second kappa shape index (κ2) is 7.85. The maximum Gasteiger partial charge on any atom is 0.0230 e. The topological polar surface area (TPSA) is 12.0 Å². The Kier molecular flexibility index (Phi) is 5.08. The van der Waals surface area contributed by atoms with Gasteiger partial charge in [0.05, 0.1) is 0 Å². The fourth-order valence-corrected chi connectivity index (χ4v) is 13.8. The molecule has 0 unspecified atom stereocenters. The smallest absolute Gasteiger partial charge is 0.0230 e. The summed E-state index contributed by atoms with van der Waals surface area (Å²) in [6.07, 6.45) is 15.1. The zero-order valence-corrected chi connectivity index (χ0v) is 23.5.